The van der Waals surface area contributed by atoms with Crippen molar-refractivity contribution < 1.29 is 24.5 Å². The predicted octanol–water partition coefficient (Wildman–Crippen LogP) is 0.289. The molecule has 0 aromatic heterocycles. The van der Waals surface area contributed by atoms with Crippen molar-refractivity contribution in [2.24, 2.45) is 0 Å². The van der Waals surface area contributed by atoms with Gasteiger partial charge in [-0.25, -0.2) is 9.18 Å². The Kier molecular flexibility index (Phi) is 4.21. The maximum absolute atomic E-state index is 13.0. The lowest BCUT2D eigenvalue weighted by Crippen LogP contribution is -2.23. The van der Waals surface area contributed by atoms with Gasteiger partial charge in [0, 0.05) is 12.2 Å². The Morgan fingerprint density at radius 1 is 1.50 bits per heavy atom. The highest BCUT2D eigenvalue weighted by Gasteiger charge is 2.11. The maximum Gasteiger partial charge on any atom is 0.338 e. The van der Waals surface area contributed by atoms with Crippen LogP contribution in [0.2, 0.25) is 0 Å². The fraction of sp³-hybridized carbons (Fsp3) is 0.300. The van der Waals surface area contributed by atoms with Crippen LogP contribution in [0.4, 0.5) is 10.1 Å². The number of halogens is 1. The maximum atomic E-state index is 13.0. The number of aliphatic hydroxyl groups excluding tert-OH is 2. The Morgan fingerprint density at radius 2 is 2.19 bits per heavy atom. The first-order valence-corrected chi connectivity index (χ1v) is 4.60. The number of aliphatic hydroxyl groups is 2. The summed E-state index contributed by atoms with van der Waals surface area (Å²) in [5.74, 6) is -2.18. The van der Waals surface area contributed by atoms with Crippen molar-refractivity contribution in [3.05, 3.63) is 29.6 Å². The number of hydrogen-bond acceptors (Lipinski definition) is 4. The van der Waals surface area contributed by atoms with E-state index in [0.29, 0.717) is 5.69 Å². The molecule has 16 heavy (non-hydrogen) atoms. The van der Waals surface area contributed by atoms with Crippen LogP contribution in [0.15, 0.2) is 18.2 Å². The van der Waals surface area contributed by atoms with E-state index in [1.54, 1.807) is 0 Å². The molecule has 0 fully saturated rings. The summed E-state index contributed by atoms with van der Waals surface area (Å²) < 4.78 is 13.0. The van der Waals surface area contributed by atoms with Crippen LogP contribution in [0, 0.1) is 5.82 Å². The Labute approximate surface area is 91.2 Å². The van der Waals surface area contributed by atoms with E-state index < -0.39 is 30.1 Å². The fourth-order valence-corrected chi connectivity index (χ4v) is 1.10. The summed E-state index contributed by atoms with van der Waals surface area (Å²) in [6.07, 6.45) is -0.946. The number of carboxylic acid groups (broad SMARTS) is 1. The van der Waals surface area contributed by atoms with Crippen LogP contribution in [0.1, 0.15) is 10.4 Å². The van der Waals surface area contributed by atoms with Gasteiger partial charge in [0.1, 0.15) is 5.82 Å². The zero-order valence-corrected chi connectivity index (χ0v) is 8.35. The summed E-state index contributed by atoms with van der Waals surface area (Å²) in [6.45, 7) is -0.346. The first-order chi connectivity index (χ1) is 7.54. The number of hydrogen-bond donors (Lipinski definition) is 4. The van der Waals surface area contributed by atoms with Gasteiger partial charge >= 0.3 is 5.97 Å². The highest BCUT2D eigenvalue weighted by molar-refractivity contribution is 5.89. The second-order valence-corrected chi connectivity index (χ2v) is 3.22. The van der Waals surface area contributed by atoms with Crippen LogP contribution in [0.5, 0.6) is 0 Å². The molecule has 6 heteroatoms. The lowest BCUT2D eigenvalue weighted by Gasteiger charge is -2.10. The molecule has 0 radical (unpaired) electrons. The first kappa shape index (κ1) is 12.4. The van der Waals surface area contributed by atoms with Crippen molar-refractivity contribution in [2.45, 2.75) is 6.10 Å². The summed E-state index contributed by atoms with van der Waals surface area (Å²) in [5.41, 5.74) is -0.0743. The highest BCUT2D eigenvalue weighted by atomic mass is 19.1. The van der Waals surface area contributed by atoms with Crippen LogP contribution in [0.25, 0.3) is 0 Å². The van der Waals surface area contributed by atoms with E-state index in [1.165, 1.54) is 6.07 Å². The van der Waals surface area contributed by atoms with Gasteiger partial charge in [0.2, 0.25) is 0 Å². The largest absolute Gasteiger partial charge is 0.478 e. The number of nitrogens with one attached hydrogen (secondary N) is 1. The van der Waals surface area contributed by atoms with E-state index >= 15 is 0 Å². The molecule has 0 aliphatic rings. The van der Waals surface area contributed by atoms with Gasteiger partial charge < -0.3 is 20.6 Å². The van der Waals surface area contributed by atoms with Crippen LogP contribution in [-0.4, -0.2) is 40.5 Å². The number of anilines is 1. The molecule has 1 unspecified atom stereocenters. The van der Waals surface area contributed by atoms with Gasteiger partial charge in [-0.1, -0.05) is 0 Å². The lowest BCUT2D eigenvalue weighted by atomic mass is 10.2. The summed E-state index contributed by atoms with van der Waals surface area (Å²) in [6, 6.07) is 3.50. The topological polar surface area (TPSA) is 89.8 Å². The molecular weight excluding hydrogens is 217 g/mol. The summed E-state index contributed by atoms with van der Waals surface area (Å²) in [4.78, 5) is 10.6. The highest BCUT2D eigenvalue weighted by Crippen LogP contribution is 2.14. The van der Waals surface area contributed by atoms with Crippen molar-refractivity contribution in [2.75, 3.05) is 18.5 Å². The summed E-state index contributed by atoms with van der Waals surface area (Å²) in [7, 11) is 0. The third kappa shape index (κ3) is 3.18. The van der Waals surface area contributed by atoms with Gasteiger partial charge in [-0.3, -0.25) is 0 Å². The molecule has 1 rings (SSSR count). The zero-order valence-electron chi connectivity index (χ0n) is 8.35. The van der Waals surface area contributed by atoms with Crippen LogP contribution < -0.4 is 5.32 Å². The van der Waals surface area contributed by atoms with Gasteiger partial charge in [-0.05, 0) is 18.2 Å². The van der Waals surface area contributed by atoms with Crippen molar-refractivity contribution in [1.82, 2.24) is 0 Å². The normalized spacial score (nSPS) is 12.2. The smallest absolute Gasteiger partial charge is 0.338 e. The van der Waals surface area contributed by atoms with Crippen LogP contribution in [0.3, 0.4) is 0 Å². The van der Waals surface area contributed by atoms with E-state index in [-0.39, 0.29) is 6.54 Å². The lowest BCUT2D eigenvalue weighted by molar-refractivity contribution is 0.0692. The van der Waals surface area contributed by atoms with E-state index in [4.69, 9.17) is 15.3 Å². The molecule has 1 aromatic rings. The van der Waals surface area contributed by atoms with Gasteiger partial charge in [0.25, 0.3) is 0 Å². The number of rotatable bonds is 5. The number of benzene rings is 1. The Morgan fingerprint density at radius 3 is 2.75 bits per heavy atom. The van der Waals surface area contributed by atoms with Crippen LogP contribution in [-0.2, 0) is 0 Å². The predicted molar refractivity (Wildman–Crippen MR) is 54.9 cm³/mol. The molecule has 0 heterocycles. The summed E-state index contributed by atoms with van der Waals surface area (Å²) in [5, 5.41) is 28.9. The van der Waals surface area contributed by atoms with Crippen LogP contribution >= 0.6 is 0 Å². The summed E-state index contributed by atoms with van der Waals surface area (Å²) >= 11 is 0. The zero-order chi connectivity index (χ0) is 12.1. The Balaban J connectivity index is 2.75. The monoisotopic (exact) mass is 229 g/mol. The molecule has 0 bridgehead atoms. The minimum absolute atomic E-state index is 0.0567. The molecule has 0 aliphatic carbocycles. The van der Waals surface area contributed by atoms with Gasteiger partial charge in [0.05, 0.1) is 18.3 Å². The van der Waals surface area contributed by atoms with Crippen molar-refractivity contribution in [3.8, 4) is 0 Å². The molecule has 0 saturated heterocycles. The molecule has 88 valence electrons. The second-order valence-electron chi connectivity index (χ2n) is 3.22. The average molecular weight is 229 g/mol. The van der Waals surface area contributed by atoms with Gasteiger partial charge in [0.15, 0.2) is 0 Å². The molecule has 1 atom stereocenters. The molecule has 0 saturated carbocycles. The molecule has 5 nitrogen and oxygen atoms in total. The molecule has 0 aliphatic heterocycles. The number of carboxylic acids is 1. The quantitative estimate of drug-likeness (QED) is 0.582. The SMILES string of the molecule is O=C(O)c1cc(NCC(O)CO)ccc1F. The molecule has 4 N–H and O–H groups in total. The average Bonchev–Trinajstić information content (AvgIpc) is 2.27. The van der Waals surface area contributed by atoms with E-state index in [0.717, 1.165) is 12.1 Å². The first-order valence-electron chi connectivity index (χ1n) is 4.60. The van der Waals surface area contributed by atoms with Gasteiger partial charge in [-0.15, -0.1) is 0 Å². The fourth-order valence-electron chi connectivity index (χ4n) is 1.10. The molecule has 0 spiro atoms. The molecule has 0 amide bonds. The number of aromatic carboxylic acids is 1. The minimum Gasteiger partial charge on any atom is -0.478 e. The second kappa shape index (κ2) is 5.43. The third-order valence-corrected chi connectivity index (χ3v) is 1.95. The molecule has 1 aromatic carbocycles. The van der Waals surface area contributed by atoms with E-state index in [9.17, 15) is 9.18 Å². The van der Waals surface area contributed by atoms with Crippen molar-refractivity contribution >= 4 is 11.7 Å². The van der Waals surface area contributed by atoms with E-state index in [2.05, 4.69) is 5.32 Å². The third-order valence-electron chi connectivity index (χ3n) is 1.95. The molecular formula is C10H12FNO4. The number of carbonyl (C=O) groups is 1. The standard InChI is InChI=1S/C10H12FNO4/c11-9-2-1-6(3-8(9)10(15)16)12-4-7(14)5-13/h1-3,7,12-14H,4-5H2,(H,15,16). The van der Waals surface area contributed by atoms with E-state index in [1.807, 2.05) is 0 Å². The Bertz CT molecular complexity index is 383. The van der Waals surface area contributed by atoms with Crippen molar-refractivity contribution in [1.29, 1.82) is 0 Å². The van der Waals surface area contributed by atoms with Crippen molar-refractivity contribution in [3.63, 3.8) is 0 Å². The minimum atomic E-state index is -1.36. The van der Waals surface area contributed by atoms with Gasteiger partial charge in [-0.2, -0.15) is 0 Å². The Hall–Kier alpha value is -1.66.